The van der Waals surface area contributed by atoms with Gasteiger partial charge < -0.3 is 19.3 Å². The minimum absolute atomic E-state index is 0.00405. The number of fused-ring (bicyclic) bond motifs is 2. The van der Waals surface area contributed by atoms with E-state index in [0.717, 1.165) is 23.5 Å². The molecule has 1 fully saturated rings. The smallest absolute Gasteiger partial charge is 0.276 e. The SMILES string of the molecule is C[C@@H]1CCN2C(=O)c3c(O)c(=O)c(-c4nnc(Cc5ccc(F)cc5F)s4)cn3C[C@@H]2O1. The van der Waals surface area contributed by atoms with Crippen molar-refractivity contribution in [3.8, 4) is 16.3 Å². The molecule has 2 aromatic heterocycles. The van der Waals surface area contributed by atoms with Crippen LogP contribution < -0.4 is 5.43 Å². The fourth-order valence-electron chi connectivity index (χ4n) is 3.99. The molecular weight excluding hydrogens is 442 g/mol. The number of hydrogen-bond donors (Lipinski definition) is 1. The van der Waals surface area contributed by atoms with Gasteiger partial charge in [0, 0.05) is 25.2 Å². The Hall–Kier alpha value is -3.18. The van der Waals surface area contributed by atoms with Gasteiger partial charge in [0.05, 0.1) is 18.2 Å². The number of hydrogen-bond acceptors (Lipinski definition) is 7. The van der Waals surface area contributed by atoms with Crippen LogP contribution in [0.15, 0.2) is 29.2 Å². The standard InChI is InChI=1S/C21H18F2N4O4S/c1-10-4-5-27-16(31-10)9-26-8-13(18(28)19(29)17(26)21(27)30)20-25-24-15(32-20)6-11-2-3-12(22)7-14(11)23/h2-3,7-8,10,16,29H,4-6,9H2,1H3/t10-,16+/m1/s1. The number of carbonyl (C=O) groups excluding carboxylic acids is 1. The van der Waals surface area contributed by atoms with Crippen molar-refractivity contribution in [3.63, 3.8) is 0 Å². The fraction of sp³-hybridized carbons (Fsp3) is 0.333. The Bertz CT molecular complexity index is 1290. The summed E-state index contributed by atoms with van der Waals surface area (Å²) in [7, 11) is 0. The normalized spacial score (nSPS) is 20.2. The minimum atomic E-state index is -0.731. The van der Waals surface area contributed by atoms with Crippen LogP contribution in [0.1, 0.15) is 34.4 Å². The van der Waals surface area contributed by atoms with Crippen molar-refractivity contribution in [1.82, 2.24) is 19.7 Å². The van der Waals surface area contributed by atoms with Crippen molar-refractivity contribution >= 4 is 17.2 Å². The van der Waals surface area contributed by atoms with Crippen molar-refractivity contribution < 1.29 is 23.4 Å². The first-order valence-electron chi connectivity index (χ1n) is 10.0. The maximum atomic E-state index is 14.0. The lowest BCUT2D eigenvalue weighted by molar-refractivity contribution is -0.127. The summed E-state index contributed by atoms with van der Waals surface area (Å²) in [5.74, 6) is -2.48. The Morgan fingerprint density at radius 3 is 2.88 bits per heavy atom. The highest BCUT2D eigenvalue weighted by atomic mass is 32.1. The molecule has 1 N–H and O–H groups in total. The van der Waals surface area contributed by atoms with E-state index in [1.165, 1.54) is 21.7 Å². The zero-order valence-electron chi connectivity index (χ0n) is 16.9. The van der Waals surface area contributed by atoms with E-state index < -0.39 is 34.9 Å². The molecule has 0 saturated carbocycles. The summed E-state index contributed by atoms with van der Waals surface area (Å²) in [6, 6.07) is 3.27. The molecule has 8 nitrogen and oxygen atoms in total. The number of rotatable bonds is 3. The van der Waals surface area contributed by atoms with Gasteiger partial charge in [-0.25, -0.2) is 8.78 Å². The highest BCUT2D eigenvalue weighted by Gasteiger charge is 2.39. The maximum Gasteiger partial charge on any atom is 0.276 e. The summed E-state index contributed by atoms with van der Waals surface area (Å²) in [6.45, 7) is 2.68. The van der Waals surface area contributed by atoms with Crippen LogP contribution in [0.4, 0.5) is 8.78 Å². The minimum Gasteiger partial charge on any atom is -0.503 e. The van der Waals surface area contributed by atoms with Crippen LogP contribution in [0.5, 0.6) is 5.75 Å². The Balaban J connectivity index is 1.49. The van der Waals surface area contributed by atoms with Crippen LogP contribution in [0.25, 0.3) is 10.6 Å². The van der Waals surface area contributed by atoms with Crippen LogP contribution >= 0.6 is 11.3 Å². The van der Waals surface area contributed by atoms with E-state index in [2.05, 4.69) is 10.2 Å². The van der Waals surface area contributed by atoms with Crippen LogP contribution in [-0.4, -0.2) is 49.6 Å². The molecule has 1 aromatic carbocycles. The molecule has 11 heteroatoms. The van der Waals surface area contributed by atoms with Gasteiger partial charge in [-0.1, -0.05) is 17.4 Å². The Morgan fingerprint density at radius 1 is 1.28 bits per heavy atom. The molecule has 2 aliphatic rings. The third-order valence-electron chi connectivity index (χ3n) is 5.64. The fourth-order valence-corrected chi connectivity index (χ4v) is 4.85. The van der Waals surface area contributed by atoms with Gasteiger partial charge in [-0.2, -0.15) is 0 Å². The largest absolute Gasteiger partial charge is 0.503 e. The zero-order valence-corrected chi connectivity index (χ0v) is 17.7. The molecule has 32 heavy (non-hydrogen) atoms. The first-order chi connectivity index (χ1) is 15.3. The number of ether oxygens (including phenoxy) is 1. The third kappa shape index (κ3) is 3.47. The molecule has 0 bridgehead atoms. The number of aromatic hydroxyl groups is 1. The van der Waals surface area contributed by atoms with Gasteiger partial charge in [0.15, 0.2) is 22.7 Å². The van der Waals surface area contributed by atoms with Gasteiger partial charge in [-0.05, 0) is 25.0 Å². The molecule has 166 valence electrons. The van der Waals surface area contributed by atoms with Crippen molar-refractivity contribution in [2.75, 3.05) is 6.54 Å². The van der Waals surface area contributed by atoms with E-state index in [4.69, 9.17) is 4.74 Å². The summed E-state index contributed by atoms with van der Waals surface area (Å²) in [4.78, 5) is 27.2. The van der Waals surface area contributed by atoms with E-state index in [1.807, 2.05) is 6.92 Å². The van der Waals surface area contributed by atoms with Crippen molar-refractivity contribution in [2.24, 2.45) is 0 Å². The summed E-state index contributed by atoms with van der Waals surface area (Å²) < 4.78 is 34.4. The van der Waals surface area contributed by atoms with Crippen LogP contribution in [0.2, 0.25) is 0 Å². The molecule has 1 saturated heterocycles. The Kier molecular flexibility index (Phi) is 5.01. The average molecular weight is 460 g/mol. The van der Waals surface area contributed by atoms with Crippen molar-refractivity contribution in [1.29, 1.82) is 0 Å². The molecule has 2 aliphatic heterocycles. The quantitative estimate of drug-likeness (QED) is 0.645. The molecule has 1 amide bonds. The molecular formula is C21H18F2N4O4S. The highest BCUT2D eigenvalue weighted by Crippen LogP contribution is 2.31. The number of aromatic nitrogens is 3. The topological polar surface area (TPSA) is 97.5 Å². The van der Waals surface area contributed by atoms with Crippen LogP contribution in [-0.2, 0) is 17.7 Å². The lowest BCUT2D eigenvalue weighted by atomic mass is 10.1. The molecule has 0 unspecified atom stereocenters. The maximum absolute atomic E-state index is 14.0. The summed E-state index contributed by atoms with van der Waals surface area (Å²) >= 11 is 1.06. The summed E-state index contributed by atoms with van der Waals surface area (Å²) in [5, 5.41) is 19.2. The van der Waals surface area contributed by atoms with E-state index in [9.17, 15) is 23.5 Å². The number of pyridine rings is 1. The lowest BCUT2D eigenvalue weighted by Gasteiger charge is -2.42. The van der Waals surface area contributed by atoms with Gasteiger partial charge in [0.25, 0.3) is 5.91 Å². The van der Waals surface area contributed by atoms with E-state index in [0.29, 0.717) is 18.0 Å². The monoisotopic (exact) mass is 460 g/mol. The lowest BCUT2D eigenvalue weighted by Crippen LogP contribution is -2.54. The van der Waals surface area contributed by atoms with Gasteiger partial charge in [-0.15, -0.1) is 10.2 Å². The molecule has 2 atom stereocenters. The van der Waals surface area contributed by atoms with Crippen molar-refractivity contribution in [2.45, 2.75) is 38.6 Å². The second-order valence-electron chi connectivity index (χ2n) is 7.82. The average Bonchev–Trinajstić information content (AvgIpc) is 3.20. The Morgan fingerprint density at radius 2 is 2.09 bits per heavy atom. The number of amides is 1. The molecule has 0 aliphatic carbocycles. The molecule has 5 rings (SSSR count). The molecule has 3 aromatic rings. The molecule has 0 spiro atoms. The number of nitrogens with zero attached hydrogens (tertiary/aromatic N) is 4. The first kappa shape index (κ1) is 20.7. The van der Waals surface area contributed by atoms with Crippen LogP contribution in [0.3, 0.4) is 0 Å². The van der Waals surface area contributed by atoms with E-state index in [1.54, 1.807) is 0 Å². The third-order valence-corrected chi connectivity index (χ3v) is 6.60. The van der Waals surface area contributed by atoms with Gasteiger partial charge in [-0.3, -0.25) is 9.59 Å². The predicted octanol–water partition coefficient (Wildman–Crippen LogP) is 2.53. The highest BCUT2D eigenvalue weighted by molar-refractivity contribution is 7.14. The van der Waals surface area contributed by atoms with Gasteiger partial charge in [0.1, 0.15) is 16.6 Å². The second kappa shape index (κ2) is 7.75. The molecule has 4 heterocycles. The summed E-state index contributed by atoms with van der Waals surface area (Å²) in [6.07, 6.45) is 1.73. The number of halogens is 2. The van der Waals surface area contributed by atoms with Crippen molar-refractivity contribution in [3.05, 3.63) is 62.5 Å². The van der Waals surface area contributed by atoms with Crippen LogP contribution in [0, 0.1) is 11.6 Å². The van der Waals surface area contributed by atoms with Gasteiger partial charge >= 0.3 is 0 Å². The molecule has 0 radical (unpaired) electrons. The predicted molar refractivity (Wildman–Crippen MR) is 110 cm³/mol. The first-order valence-corrected chi connectivity index (χ1v) is 10.8. The zero-order chi connectivity index (χ0) is 22.6. The van der Waals surface area contributed by atoms with E-state index in [-0.39, 0.29) is 40.9 Å². The second-order valence-corrected chi connectivity index (χ2v) is 8.89. The number of carbonyl (C=O) groups is 1. The van der Waals surface area contributed by atoms with Gasteiger partial charge in [0.2, 0.25) is 5.43 Å². The Labute approximate surface area is 184 Å². The summed E-state index contributed by atoms with van der Waals surface area (Å²) in [5.41, 5.74) is -0.482. The van der Waals surface area contributed by atoms with E-state index >= 15 is 0 Å². The number of benzene rings is 1.